The summed E-state index contributed by atoms with van der Waals surface area (Å²) in [6.45, 7) is 3.35. The molecule has 0 aliphatic heterocycles. The fraction of sp³-hybridized carbons (Fsp3) is 0.185. The smallest absolute Gasteiger partial charge is 0.274 e. The summed E-state index contributed by atoms with van der Waals surface area (Å²) in [5.74, 6) is 0.220. The number of ether oxygens (including phenoxy) is 1. The maximum Gasteiger partial charge on any atom is 0.274 e. The quantitative estimate of drug-likeness (QED) is 0.273. The topological polar surface area (TPSA) is 42.4 Å². The van der Waals surface area contributed by atoms with Crippen LogP contribution in [-0.2, 0) is 6.54 Å². The van der Waals surface area contributed by atoms with Crippen LogP contribution in [0.25, 0.3) is 10.4 Å². The zero-order valence-electron chi connectivity index (χ0n) is 18.4. The van der Waals surface area contributed by atoms with Gasteiger partial charge in [-0.2, -0.15) is 0 Å². The molecule has 0 atom stereocenters. The third-order valence-electron chi connectivity index (χ3n) is 5.13. The number of thiazole rings is 1. The molecule has 6 heteroatoms. The Morgan fingerprint density at radius 3 is 2.33 bits per heavy atom. The fourth-order valence-corrected chi connectivity index (χ4v) is 4.46. The first-order valence-corrected chi connectivity index (χ1v) is 11.7. The number of halogens is 1. The highest BCUT2D eigenvalue weighted by Gasteiger charge is 2.23. The second-order valence-electron chi connectivity index (χ2n) is 7.64. The molecule has 0 aliphatic rings. The molecule has 0 saturated carbocycles. The van der Waals surface area contributed by atoms with Gasteiger partial charge in [0.1, 0.15) is 17.3 Å². The van der Waals surface area contributed by atoms with Crippen molar-refractivity contribution in [2.45, 2.75) is 19.9 Å². The molecular weight excluding hydrogens is 435 g/mol. The molecular formula is C27H25FN2O2S. The van der Waals surface area contributed by atoms with E-state index in [4.69, 9.17) is 4.74 Å². The lowest BCUT2D eigenvalue weighted by Gasteiger charge is -2.23. The van der Waals surface area contributed by atoms with E-state index in [1.165, 1.54) is 23.5 Å². The van der Waals surface area contributed by atoms with E-state index in [2.05, 4.69) is 4.98 Å². The summed E-state index contributed by atoms with van der Waals surface area (Å²) in [5.41, 5.74) is 2.53. The minimum atomic E-state index is -0.297. The van der Waals surface area contributed by atoms with Crippen LogP contribution in [0.5, 0.6) is 5.75 Å². The number of aryl methyl sites for hydroxylation is 1. The van der Waals surface area contributed by atoms with Gasteiger partial charge < -0.3 is 9.64 Å². The maximum absolute atomic E-state index is 13.6. The Bertz CT molecular complexity index is 1180. The van der Waals surface area contributed by atoms with E-state index in [0.29, 0.717) is 37.6 Å². The van der Waals surface area contributed by atoms with E-state index < -0.39 is 0 Å². The van der Waals surface area contributed by atoms with Crippen molar-refractivity contribution in [1.82, 2.24) is 9.88 Å². The maximum atomic E-state index is 13.6. The minimum absolute atomic E-state index is 0.0937. The Kier molecular flexibility index (Phi) is 7.47. The normalized spacial score (nSPS) is 10.7. The Morgan fingerprint density at radius 2 is 1.64 bits per heavy atom. The molecule has 4 aromatic rings. The standard InChI is InChI=1S/C27H25FN2O2S/c1-20-29-25(26(33-20)22-11-6-3-7-12-22)27(31)30(19-21-9-4-2-5-10-21)17-8-18-32-24-15-13-23(28)14-16-24/h2-7,9-16H,8,17-19H2,1H3. The molecule has 33 heavy (non-hydrogen) atoms. The lowest BCUT2D eigenvalue weighted by atomic mass is 10.1. The molecule has 0 spiro atoms. The van der Waals surface area contributed by atoms with Gasteiger partial charge in [0, 0.05) is 13.1 Å². The average Bonchev–Trinajstić information content (AvgIpc) is 3.24. The number of benzene rings is 3. The monoisotopic (exact) mass is 460 g/mol. The van der Waals surface area contributed by atoms with Gasteiger partial charge >= 0.3 is 0 Å². The number of carbonyl (C=O) groups excluding carboxylic acids is 1. The molecule has 0 N–H and O–H groups in total. The van der Waals surface area contributed by atoms with E-state index in [-0.39, 0.29) is 11.7 Å². The highest BCUT2D eigenvalue weighted by Crippen LogP contribution is 2.31. The molecule has 0 aliphatic carbocycles. The van der Waals surface area contributed by atoms with Crippen molar-refractivity contribution in [3.05, 3.63) is 107 Å². The molecule has 0 unspecified atom stereocenters. The van der Waals surface area contributed by atoms with Crippen LogP contribution in [-0.4, -0.2) is 28.9 Å². The van der Waals surface area contributed by atoms with Crippen LogP contribution >= 0.6 is 11.3 Å². The number of carbonyl (C=O) groups is 1. The van der Waals surface area contributed by atoms with Gasteiger partial charge in [-0.25, -0.2) is 9.37 Å². The third kappa shape index (κ3) is 6.05. The van der Waals surface area contributed by atoms with Crippen LogP contribution in [0.3, 0.4) is 0 Å². The highest BCUT2D eigenvalue weighted by molar-refractivity contribution is 7.15. The fourth-order valence-electron chi connectivity index (χ4n) is 3.54. The molecule has 4 nitrogen and oxygen atoms in total. The molecule has 4 rings (SSSR count). The summed E-state index contributed by atoms with van der Waals surface area (Å²) in [4.78, 5) is 21.0. The second-order valence-corrected chi connectivity index (χ2v) is 8.85. The first-order chi connectivity index (χ1) is 16.1. The number of nitrogens with zero attached hydrogens (tertiary/aromatic N) is 2. The molecule has 0 saturated heterocycles. The Balaban J connectivity index is 1.51. The zero-order chi connectivity index (χ0) is 23.0. The van der Waals surface area contributed by atoms with Crippen LogP contribution in [0.15, 0.2) is 84.9 Å². The lowest BCUT2D eigenvalue weighted by Crippen LogP contribution is -2.33. The van der Waals surface area contributed by atoms with Gasteiger partial charge in [-0.15, -0.1) is 11.3 Å². The van der Waals surface area contributed by atoms with E-state index in [1.54, 1.807) is 12.1 Å². The molecule has 0 radical (unpaired) electrons. The molecule has 1 heterocycles. The van der Waals surface area contributed by atoms with E-state index in [0.717, 1.165) is 21.0 Å². The van der Waals surface area contributed by atoms with Crippen LogP contribution in [0.1, 0.15) is 27.5 Å². The van der Waals surface area contributed by atoms with Gasteiger partial charge in [-0.1, -0.05) is 60.7 Å². The van der Waals surface area contributed by atoms with Gasteiger partial charge in [0.25, 0.3) is 5.91 Å². The Labute approximate surface area is 197 Å². The predicted octanol–water partition coefficient (Wildman–Crippen LogP) is 6.37. The molecule has 3 aromatic carbocycles. The van der Waals surface area contributed by atoms with Crippen molar-refractivity contribution in [2.75, 3.05) is 13.2 Å². The van der Waals surface area contributed by atoms with Gasteiger partial charge in [0.2, 0.25) is 0 Å². The summed E-state index contributed by atoms with van der Waals surface area (Å²) in [5, 5.41) is 0.858. The SMILES string of the molecule is Cc1nc(C(=O)N(CCCOc2ccc(F)cc2)Cc2ccccc2)c(-c2ccccc2)s1. The summed E-state index contributed by atoms with van der Waals surface area (Å²) in [7, 11) is 0. The van der Waals surface area contributed by atoms with E-state index >= 15 is 0 Å². The van der Waals surface area contributed by atoms with Gasteiger partial charge in [-0.3, -0.25) is 4.79 Å². The lowest BCUT2D eigenvalue weighted by molar-refractivity contribution is 0.0729. The van der Waals surface area contributed by atoms with Crippen LogP contribution in [0.4, 0.5) is 4.39 Å². The zero-order valence-corrected chi connectivity index (χ0v) is 19.2. The van der Waals surface area contributed by atoms with E-state index in [1.807, 2.05) is 72.5 Å². The predicted molar refractivity (Wildman–Crippen MR) is 130 cm³/mol. The molecule has 168 valence electrons. The van der Waals surface area contributed by atoms with Crippen molar-refractivity contribution in [3.8, 4) is 16.2 Å². The minimum Gasteiger partial charge on any atom is -0.494 e. The molecule has 0 bridgehead atoms. The van der Waals surface area contributed by atoms with Crippen molar-refractivity contribution in [3.63, 3.8) is 0 Å². The second kappa shape index (κ2) is 10.9. The first kappa shape index (κ1) is 22.7. The van der Waals surface area contributed by atoms with E-state index in [9.17, 15) is 9.18 Å². The van der Waals surface area contributed by atoms with Crippen LogP contribution in [0.2, 0.25) is 0 Å². The highest BCUT2D eigenvalue weighted by atomic mass is 32.1. The number of aromatic nitrogens is 1. The molecule has 0 fully saturated rings. The van der Waals surface area contributed by atoms with Crippen molar-refractivity contribution in [2.24, 2.45) is 0 Å². The van der Waals surface area contributed by atoms with Crippen LogP contribution in [0, 0.1) is 12.7 Å². The molecule has 1 aromatic heterocycles. The van der Waals surface area contributed by atoms with Crippen molar-refractivity contribution < 1.29 is 13.9 Å². The summed E-state index contributed by atoms with van der Waals surface area (Å²) in [6.07, 6.45) is 0.639. The van der Waals surface area contributed by atoms with Gasteiger partial charge in [-0.05, 0) is 48.7 Å². The summed E-state index contributed by atoms with van der Waals surface area (Å²) < 4.78 is 18.8. The average molecular weight is 461 g/mol. The first-order valence-electron chi connectivity index (χ1n) is 10.8. The Hall–Kier alpha value is -3.51. The van der Waals surface area contributed by atoms with Gasteiger partial charge in [0.05, 0.1) is 16.5 Å². The summed E-state index contributed by atoms with van der Waals surface area (Å²) >= 11 is 1.53. The van der Waals surface area contributed by atoms with Crippen LogP contribution < -0.4 is 4.74 Å². The Morgan fingerprint density at radius 1 is 0.970 bits per heavy atom. The summed E-state index contributed by atoms with van der Waals surface area (Å²) in [6, 6.07) is 25.8. The number of amides is 1. The van der Waals surface area contributed by atoms with Gasteiger partial charge in [0.15, 0.2) is 0 Å². The largest absolute Gasteiger partial charge is 0.494 e. The number of rotatable bonds is 9. The number of hydrogen-bond donors (Lipinski definition) is 0. The van der Waals surface area contributed by atoms with Crippen molar-refractivity contribution >= 4 is 17.2 Å². The number of hydrogen-bond acceptors (Lipinski definition) is 4. The molecule has 1 amide bonds. The third-order valence-corrected chi connectivity index (χ3v) is 6.15. The van der Waals surface area contributed by atoms with Crippen molar-refractivity contribution in [1.29, 1.82) is 0 Å².